The zero-order valence-corrected chi connectivity index (χ0v) is 60.1. The van der Waals surface area contributed by atoms with Crippen molar-refractivity contribution in [3.8, 4) is 0 Å². The number of carbonyl (C=O) groups excluding carboxylic acids is 13. The number of unbranched alkanes of at least 4 members (excludes halogenated alkanes) is 1. The van der Waals surface area contributed by atoms with E-state index in [1.165, 1.54) is 11.8 Å². The van der Waals surface area contributed by atoms with Gasteiger partial charge in [0.25, 0.3) is 0 Å². The van der Waals surface area contributed by atoms with Gasteiger partial charge in [0.15, 0.2) is 0 Å². The molecule has 19 N–H and O–H groups in total. The van der Waals surface area contributed by atoms with Gasteiger partial charge in [0.2, 0.25) is 76.8 Å². The number of primary amides is 1. The number of hydrogen-bond acceptors (Lipinski definition) is 17. The van der Waals surface area contributed by atoms with Crippen molar-refractivity contribution in [1.29, 1.82) is 0 Å². The first-order valence-electron chi connectivity index (χ1n) is 34.7. The summed E-state index contributed by atoms with van der Waals surface area (Å²) in [4.78, 5) is 192. The molecule has 31 heteroatoms. The van der Waals surface area contributed by atoms with Gasteiger partial charge >= 0.3 is 5.97 Å². The molecule has 558 valence electrons. The van der Waals surface area contributed by atoms with Gasteiger partial charge in [-0.2, -0.15) is 0 Å². The minimum absolute atomic E-state index is 0.00964. The Balaban J connectivity index is 2.27. The van der Waals surface area contributed by atoms with Gasteiger partial charge in [0, 0.05) is 13.0 Å². The molecule has 0 aromatic heterocycles. The van der Waals surface area contributed by atoms with E-state index in [1.54, 1.807) is 48.5 Å². The van der Waals surface area contributed by atoms with Gasteiger partial charge in [0.1, 0.15) is 66.5 Å². The Morgan fingerprint density at radius 3 is 1.55 bits per heavy atom. The van der Waals surface area contributed by atoms with Gasteiger partial charge in [-0.1, -0.05) is 120 Å². The standard InChI is InChI=1S/C68H115N15O16/c1-14-41(12)56(82-65(96)52-24-20-28-83(52)68(99)50(32-39(8)9)79-59(90)44(70)33-43-21-16-15-17-22-43)67(98)81-55(40(10)11)66(97)73-42(13)58(89)75-45(23-18-19-27-69)61(92)78-49(31-38(6)7)64(95)76-46(25-26-54(86)87)62(93)80-51(35-84)60(91)72-34-53(85)74-48(30-37(4)5)63(94)77-47(57(71)88)29-36(2)3/h15-17,21-22,36-42,44-52,55-56,84H,14,18-20,23-35,69-70H2,1-13H3,(H2,71,88)(H,72,91)(H,73,97)(H,74,85)(H,75,89)(H,76,95)(H,77,94)(H,78,92)(H,79,90)(H,80,93)(H,81,98)(H,82,96)(H,86,87)/t41-,42-,44-,45-,46-,47-,48-,49-,50-,51-,52-,55-,56-/m0/s1. The van der Waals surface area contributed by atoms with E-state index in [-0.39, 0.29) is 81.7 Å². The first-order chi connectivity index (χ1) is 46.4. The van der Waals surface area contributed by atoms with Crippen LogP contribution in [0.15, 0.2) is 30.3 Å². The van der Waals surface area contributed by atoms with Gasteiger partial charge in [0.05, 0.1) is 19.2 Å². The van der Waals surface area contributed by atoms with Crippen LogP contribution in [0.1, 0.15) is 173 Å². The first kappa shape index (κ1) is 86.8. The Bertz CT molecular complexity index is 2860. The van der Waals surface area contributed by atoms with Crippen LogP contribution in [0.2, 0.25) is 0 Å². The van der Waals surface area contributed by atoms with E-state index in [9.17, 15) is 77.3 Å². The molecule has 0 bridgehead atoms. The lowest BCUT2D eigenvalue weighted by Gasteiger charge is -2.32. The van der Waals surface area contributed by atoms with E-state index in [0.29, 0.717) is 25.7 Å². The highest BCUT2D eigenvalue weighted by Gasteiger charge is 2.42. The molecule has 0 aliphatic carbocycles. The number of likely N-dealkylation sites (tertiary alicyclic amines) is 1. The van der Waals surface area contributed by atoms with Crippen LogP contribution < -0.4 is 75.7 Å². The van der Waals surface area contributed by atoms with Crippen molar-refractivity contribution in [1.82, 2.24) is 63.4 Å². The predicted octanol–water partition coefficient (Wildman–Crippen LogP) is -1.11. The van der Waals surface area contributed by atoms with E-state index in [2.05, 4.69) is 58.5 Å². The molecule has 1 saturated heterocycles. The van der Waals surface area contributed by atoms with E-state index in [4.69, 9.17) is 17.2 Å². The topological polar surface area (TPSA) is 493 Å². The second kappa shape index (κ2) is 43.9. The summed E-state index contributed by atoms with van der Waals surface area (Å²) in [6.45, 7) is 21.4. The number of aliphatic hydroxyl groups is 1. The highest BCUT2D eigenvalue weighted by atomic mass is 16.4. The van der Waals surface area contributed by atoms with Gasteiger partial charge < -0.3 is 90.8 Å². The maximum absolute atomic E-state index is 14.3. The number of hydrogen-bond donors (Lipinski definition) is 16. The summed E-state index contributed by atoms with van der Waals surface area (Å²) < 4.78 is 0. The molecule has 1 aliphatic heterocycles. The third-order valence-electron chi connectivity index (χ3n) is 16.8. The number of carboxylic acid groups (broad SMARTS) is 1. The number of aliphatic hydroxyl groups excluding tert-OH is 1. The largest absolute Gasteiger partial charge is 0.481 e. The number of rotatable bonds is 45. The summed E-state index contributed by atoms with van der Waals surface area (Å²) >= 11 is 0. The molecule has 0 spiro atoms. The fraction of sp³-hybridized carbons (Fsp3) is 0.706. The lowest BCUT2D eigenvalue weighted by atomic mass is 9.96. The Morgan fingerprint density at radius 1 is 0.535 bits per heavy atom. The Hall–Kier alpha value is -8.32. The third kappa shape index (κ3) is 31.2. The summed E-state index contributed by atoms with van der Waals surface area (Å²) in [6.07, 6.45) is 1.48. The number of benzene rings is 1. The average Bonchev–Trinajstić information content (AvgIpc) is 1.81. The second-order valence-corrected chi connectivity index (χ2v) is 27.8. The molecule has 2 rings (SSSR count). The van der Waals surface area contributed by atoms with E-state index in [1.807, 2.05) is 65.0 Å². The number of nitrogens with one attached hydrogen (secondary N) is 11. The summed E-state index contributed by atoms with van der Waals surface area (Å²) in [5, 5.41) is 48.1. The van der Waals surface area contributed by atoms with E-state index >= 15 is 0 Å². The number of carbonyl (C=O) groups is 14. The van der Waals surface area contributed by atoms with Gasteiger partial charge in [-0.15, -0.1) is 0 Å². The number of carboxylic acids is 1. The molecule has 99 heavy (non-hydrogen) atoms. The third-order valence-corrected chi connectivity index (χ3v) is 16.8. The maximum atomic E-state index is 14.3. The average molecular weight is 1400 g/mol. The summed E-state index contributed by atoms with van der Waals surface area (Å²) in [6, 6.07) is -5.89. The normalized spacial score (nSPS) is 16.6. The number of aliphatic carboxylic acids is 1. The fourth-order valence-electron chi connectivity index (χ4n) is 11.1. The molecule has 1 fully saturated rings. The predicted molar refractivity (Wildman–Crippen MR) is 369 cm³/mol. The molecule has 13 atom stereocenters. The number of nitrogens with zero attached hydrogens (tertiary/aromatic N) is 1. The highest BCUT2D eigenvalue weighted by Crippen LogP contribution is 2.23. The van der Waals surface area contributed by atoms with Gasteiger partial charge in [-0.3, -0.25) is 67.1 Å². The molecule has 31 nitrogen and oxygen atoms in total. The van der Waals surface area contributed by atoms with Crippen molar-refractivity contribution in [2.45, 2.75) is 246 Å². The minimum atomic E-state index is -1.76. The lowest BCUT2D eigenvalue weighted by Crippen LogP contribution is -2.61. The summed E-state index contributed by atoms with van der Waals surface area (Å²) in [5.41, 5.74) is 18.4. The number of amides is 13. The molecular formula is C68H115N15O16. The lowest BCUT2D eigenvalue weighted by molar-refractivity contribution is -0.143. The Morgan fingerprint density at radius 2 is 1.02 bits per heavy atom. The van der Waals surface area contributed by atoms with Gasteiger partial charge in [-0.25, -0.2) is 0 Å². The van der Waals surface area contributed by atoms with Crippen molar-refractivity contribution in [2.75, 3.05) is 26.2 Å². The van der Waals surface area contributed by atoms with E-state index in [0.717, 1.165) is 5.56 Å². The van der Waals surface area contributed by atoms with Crippen LogP contribution in [0.3, 0.4) is 0 Å². The summed E-state index contributed by atoms with van der Waals surface area (Å²) in [5.74, 6) is -13.2. The maximum Gasteiger partial charge on any atom is 0.303 e. The zero-order valence-electron chi connectivity index (χ0n) is 60.1. The molecule has 1 aromatic rings. The molecule has 1 heterocycles. The van der Waals surface area contributed by atoms with Crippen LogP contribution in [-0.4, -0.2) is 197 Å². The van der Waals surface area contributed by atoms with Crippen molar-refractivity contribution in [2.24, 2.45) is 52.7 Å². The molecule has 1 aliphatic rings. The van der Waals surface area contributed by atoms with Gasteiger partial charge in [-0.05, 0) is 125 Å². The van der Waals surface area contributed by atoms with Crippen molar-refractivity contribution in [3.63, 3.8) is 0 Å². The molecule has 0 unspecified atom stereocenters. The zero-order chi connectivity index (χ0) is 75.0. The monoisotopic (exact) mass is 1400 g/mol. The quantitative estimate of drug-likeness (QED) is 0.0344. The fourth-order valence-corrected chi connectivity index (χ4v) is 11.1. The van der Waals surface area contributed by atoms with Crippen LogP contribution in [-0.2, 0) is 73.5 Å². The SMILES string of the molecule is CC[C@H](C)[C@H](NC(=O)[C@@H]1CCCN1C(=O)[C@H](CC(C)C)NC(=O)[C@@H](N)Cc1ccccc1)C(=O)N[C@H](C(=O)N[C@@H](C)C(=O)N[C@@H](CCCCN)C(=O)N[C@@H](CC(C)C)C(=O)N[C@@H](CCC(=O)O)C(=O)N[C@@H](CO)C(=O)NCC(=O)N[C@@H](CC(C)C)C(=O)N[C@@H](CC(C)C)C(N)=O)C(C)C. The Labute approximate surface area is 582 Å². The van der Waals surface area contributed by atoms with Crippen molar-refractivity contribution in [3.05, 3.63) is 35.9 Å². The van der Waals surface area contributed by atoms with Crippen LogP contribution in [0.5, 0.6) is 0 Å². The molecule has 0 radical (unpaired) electrons. The molecule has 1 aromatic carbocycles. The smallest absolute Gasteiger partial charge is 0.303 e. The van der Waals surface area contributed by atoms with Crippen LogP contribution >= 0.6 is 0 Å². The molecule has 13 amide bonds. The van der Waals surface area contributed by atoms with Crippen LogP contribution in [0.25, 0.3) is 0 Å². The Kier molecular flexibility index (Phi) is 38.5. The minimum Gasteiger partial charge on any atom is -0.481 e. The van der Waals surface area contributed by atoms with Crippen LogP contribution in [0.4, 0.5) is 0 Å². The summed E-state index contributed by atoms with van der Waals surface area (Å²) in [7, 11) is 0. The van der Waals surface area contributed by atoms with Crippen molar-refractivity contribution >= 4 is 82.8 Å². The second-order valence-electron chi connectivity index (χ2n) is 27.8. The molecular weight excluding hydrogens is 1280 g/mol. The molecule has 0 saturated carbocycles. The first-order valence-corrected chi connectivity index (χ1v) is 34.7. The van der Waals surface area contributed by atoms with Crippen LogP contribution in [0, 0.1) is 35.5 Å². The van der Waals surface area contributed by atoms with E-state index < -0.39 is 193 Å². The number of nitrogens with two attached hydrogens (primary N) is 3. The van der Waals surface area contributed by atoms with Crippen molar-refractivity contribution < 1.29 is 77.3 Å². The highest BCUT2D eigenvalue weighted by molar-refractivity contribution is 6.00.